The molecule has 4 unspecified atom stereocenters. The molecule has 4 atom stereocenters. The second-order valence-corrected chi connectivity index (χ2v) is 6.24. The Balaban J connectivity index is 1.74. The Kier molecular flexibility index (Phi) is 4.94. The van der Waals surface area contributed by atoms with Gasteiger partial charge in [-0.15, -0.1) is 0 Å². The van der Waals surface area contributed by atoms with Gasteiger partial charge in [-0.3, -0.25) is 0 Å². The quantitative estimate of drug-likeness (QED) is 0.903. The first-order chi connectivity index (χ1) is 10.3. The summed E-state index contributed by atoms with van der Waals surface area (Å²) in [6.07, 6.45) is 3.83. The van der Waals surface area contributed by atoms with Crippen LogP contribution in [0.3, 0.4) is 0 Å². The molecule has 0 aliphatic carbocycles. The Morgan fingerprint density at radius 2 is 2.10 bits per heavy atom. The van der Waals surface area contributed by atoms with E-state index in [1.165, 1.54) is 11.1 Å². The first kappa shape index (κ1) is 15.0. The largest absolute Gasteiger partial charge is 0.378 e. The molecular weight excluding hydrogens is 262 g/mol. The fourth-order valence-electron chi connectivity index (χ4n) is 3.85. The van der Waals surface area contributed by atoms with Crippen molar-refractivity contribution in [1.82, 2.24) is 5.32 Å². The van der Waals surface area contributed by atoms with Crippen molar-refractivity contribution in [3.63, 3.8) is 0 Å². The van der Waals surface area contributed by atoms with Crippen LogP contribution in [0.5, 0.6) is 0 Å². The molecule has 0 radical (unpaired) electrons. The Labute approximate surface area is 128 Å². The summed E-state index contributed by atoms with van der Waals surface area (Å²) in [5.74, 6) is 0.600. The van der Waals surface area contributed by atoms with Gasteiger partial charge in [0.05, 0.1) is 18.8 Å². The smallest absolute Gasteiger partial charge is 0.0842 e. The van der Waals surface area contributed by atoms with Gasteiger partial charge in [0.15, 0.2) is 0 Å². The molecule has 2 heterocycles. The Morgan fingerprint density at radius 3 is 2.86 bits per heavy atom. The van der Waals surface area contributed by atoms with E-state index in [4.69, 9.17) is 9.47 Å². The molecule has 0 bridgehead atoms. The van der Waals surface area contributed by atoms with Gasteiger partial charge in [-0.2, -0.15) is 0 Å². The van der Waals surface area contributed by atoms with Crippen LogP contribution in [0.2, 0.25) is 0 Å². The number of hydrogen-bond acceptors (Lipinski definition) is 3. The molecule has 1 aromatic carbocycles. The van der Waals surface area contributed by atoms with Crippen molar-refractivity contribution in [3.8, 4) is 0 Å². The second kappa shape index (κ2) is 6.91. The predicted octanol–water partition coefficient (Wildman–Crippen LogP) is 3.09. The van der Waals surface area contributed by atoms with Crippen LogP contribution in [0.4, 0.5) is 0 Å². The molecule has 3 rings (SSSR count). The molecule has 21 heavy (non-hydrogen) atoms. The van der Waals surface area contributed by atoms with Gasteiger partial charge in [-0.1, -0.05) is 31.2 Å². The van der Waals surface area contributed by atoms with Gasteiger partial charge in [0.1, 0.15) is 0 Å². The lowest BCUT2D eigenvalue weighted by atomic mass is 9.86. The predicted molar refractivity (Wildman–Crippen MR) is 84.4 cm³/mol. The molecule has 3 heteroatoms. The molecule has 3 nitrogen and oxygen atoms in total. The monoisotopic (exact) mass is 289 g/mol. The van der Waals surface area contributed by atoms with E-state index >= 15 is 0 Å². The van der Waals surface area contributed by atoms with E-state index in [2.05, 4.69) is 43.4 Å². The van der Waals surface area contributed by atoms with Crippen molar-refractivity contribution in [2.24, 2.45) is 5.92 Å². The van der Waals surface area contributed by atoms with E-state index in [0.717, 1.165) is 39.0 Å². The van der Waals surface area contributed by atoms with Crippen LogP contribution in [0.1, 0.15) is 43.9 Å². The minimum atomic E-state index is 0.229. The molecule has 1 saturated heterocycles. The lowest BCUT2D eigenvalue weighted by molar-refractivity contribution is 0.0188. The minimum absolute atomic E-state index is 0.229. The second-order valence-electron chi connectivity index (χ2n) is 6.24. The first-order valence-electron chi connectivity index (χ1n) is 8.34. The zero-order valence-electron chi connectivity index (χ0n) is 13.2. The molecule has 1 N–H and O–H groups in total. The van der Waals surface area contributed by atoms with Crippen molar-refractivity contribution in [2.75, 3.05) is 19.8 Å². The number of nitrogens with one attached hydrogen (secondary N) is 1. The minimum Gasteiger partial charge on any atom is -0.378 e. The normalized spacial score (nSPS) is 30.1. The average Bonchev–Trinajstić information content (AvgIpc) is 2.93. The van der Waals surface area contributed by atoms with Crippen molar-refractivity contribution >= 4 is 0 Å². The highest BCUT2D eigenvalue weighted by Gasteiger charge is 2.34. The van der Waals surface area contributed by atoms with E-state index in [1.54, 1.807) is 0 Å². The van der Waals surface area contributed by atoms with Crippen molar-refractivity contribution in [3.05, 3.63) is 35.4 Å². The molecule has 116 valence electrons. The Hall–Kier alpha value is -0.900. The highest BCUT2D eigenvalue weighted by molar-refractivity contribution is 5.31. The van der Waals surface area contributed by atoms with Crippen LogP contribution in [0.25, 0.3) is 0 Å². The topological polar surface area (TPSA) is 30.5 Å². The molecule has 2 aliphatic heterocycles. The van der Waals surface area contributed by atoms with Crippen molar-refractivity contribution in [2.45, 2.75) is 51.4 Å². The third kappa shape index (κ3) is 3.31. The van der Waals surface area contributed by atoms with Crippen molar-refractivity contribution < 1.29 is 9.47 Å². The van der Waals surface area contributed by atoms with E-state index in [-0.39, 0.29) is 6.10 Å². The van der Waals surface area contributed by atoms with Gasteiger partial charge in [-0.25, -0.2) is 0 Å². The van der Waals surface area contributed by atoms with E-state index in [0.29, 0.717) is 18.1 Å². The molecule has 1 aromatic rings. The van der Waals surface area contributed by atoms with E-state index in [9.17, 15) is 0 Å². The fourth-order valence-corrected chi connectivity index (χ4v) is 3.85. The molecule has 2 aliphatic rings. The maximum absolute atomic E-state index is 6.10. The van der Waals surface area contributed by atoms with Crippen LogP contribution >= 0.6 is 0 Å². The summed E-state index contributed by atoms with van der Waals surface area (Å²) in [4.78, 5) is 0. The van der Waals surface area contributed by atoms with E-state index in [1.807, 2.05) is 0 Å². The molecule has 0 aromatic heterocycles. The van der Waals surface area contributed by atoms with Gasteiger partial charge in [0, 0.05) is 18.6 Å². The number of hydrogen-bond donors (Lipinski definition) is 1. The summed E-state index contributed by atoms with van der Waals surface area (Å²) in [6, 6.07) is 9.22. The molecule has 1 fully saturated rings. The number of rotatable bonds is 5. The van der Waals surface area contributed by atoms with Crippen LogP contribution in [0, 0.1) is 5.92 Å². The first-order valence-corrected chi connectivity index (χ1v) is 8.34. The lowest BCUT2D eigenvalue weighted by Crippen LogP contribution is -2.41. The van der Waals surface area contributed by atoms with Crippen LogP contribution < -0.4 is 5.32 Å². The Morgan fingerprint density at radius 1 is 1.24 bits per heavy atom. The summed E-state index contributed by atoms with van der Waals surface area (Å²) in [5, 5.41) is 3.67. The van der Waals surface area contributed by atoms with Crippen LogP contribution in [-0.2, 0) is 15.9 Å². The highest BCUT2D eigenvalue weighted by atomic mass is 16.5. The molecule has 0 amide bonds. The van der Waals surface area contributed by atoms with Gasteiger partial charge in [0.2, 0.25) is 0 Å². The van der Waals surface area contributed by atoms with Gasteiger partial charge in [0.25, 0.3) is 0 Å². The number of ether oxygens (including phenoxy) is 2. The van der Waals surface area contributed by atoms with E-state index < -0.39 is 0 Å². The Bertz CT molecular complexity index is 462. The maximum Gasteiger partial charge on any atom is 0.0842 e. The summed E-state index contributed by atoms with van der Waals surface area (Å²) in [5.41, 5.74) is 2.85. The van der Waals surface area contributed by atoms with Gasteiger partial charge >= 0.3 is 0 Å². The number of benzene rings is 1. The molecular formula is C18H27NO2. The SMILES string of the molecule is CCNC(CC1OCCc2ccccc21)C1CCOC1C. The summed E-state index contributed by atoms with van der Waals surface area (Å²) in [6.45, 7) is 7.14. The maximum atomic E-state index is 6.10. The summed E-state index contributed by atoms with van der Waals surface area (Å²) in [7, 11) is 0. The molecule has 0 saturated carbocycles. The standard InChI is InChI=1S/C18H27NO2/c1-3-19-17(15-9-11-20-13(15)2)12-18-16-7-5-4-6-14(16)8-10-21-18/h4-7,13,15,17-19H,3,8-12H2,1-2H3. The average molecular weight is 289 g/mol. The third-order valence-electron chi connectivity index (χ3n) is 4.98. The lowest BCUT2D eigenvalue weighted by Gasteiger charge is -2.33. The van der Waals surface area contributed by atoms with Gasteiger partial charge < -0.3 is 14.8 Å². The zero-order valence-corrected chi connectivity index (χ0v) is 13.2. The summed E-state index contributed by atoms with van der Waals surface area (Å²) < 4.78 is 11.9. The fraction of sp³-hybridized carbons (Fsp3) is 0.667. The highest BCUT2D eigenvalue weighted by Crippen LogP contribution is 2.34. The molecule has 0 spiro atoms. The number of fused-ring (bicyclic) bond motifs is 1. The zero-order chi connectivity index (χ0) is 14.7. The van der Waals surface area contributed by atoms with Crippen LogP contribution in [0.15, 0.2) is 24.3 Å². The van der Waals surface area contributed by atoms with Crippen molar-refractivity contribution in [1.29, 1.82) is 0 Å². The third-order valence-corrected chi connectivity index (χ3v) is 4.98. The van der Waals surface area contributed by atoms with Crippen LogP contribution in [-0.4, -0.2) is 31.9 Å². The van der Waals surface area contributed by atoms with Gasteiger partial charge in [-0.05, 0) is 43.9 Å². The summed E-state index contributed by atoms with van der Waals surface area (Å²) >= 11 is 0.